The van der Waals surface area contributed by atoms with Gasteiger partial charge in [-0.1, -0.05) is 27.7 Å². The van der Waals surface area contributed by atoms with E-state index < -0.39 is 14.8 Å². The average Bonchev–Trinajstić information content (AvgIpc) is 2.81. The molecular weight excluding hydrogens is 466 g/mol. The van der Waals surface area contributed by atoms with Gasteiger partial charge in [0.1, 0.15) is 0 Å². The van der Waals surface area contributed by atoms with Gasteiger partial charge in [0.2, 0.25) is 27.9 Å². The van der Waals surface area contributed by atoms with Crippen molar-refractivity contribution in [3.63, 3.8) is 0 Å². The van der Waals surface area contributed by atoms with Crippen LogP contribution in [-0.4, -0.2) is 103 Å². The maximum atomic E-state index is 12.2. The summed E-state index contributed by atoms with van der Waals surface area (Å²) in [7, 11) is -3.40. The lowest BCUT2D eigenvalue weighted by atomic mass is 10.3. The number of nitrogens with zero attached hydrogens (tertiary/aromatic N) is 5. The minimum absolute atomic E-state index is 0.241. The van der Waals surface area contributed by atoms with Crippen molar-refractivity contribution in [2.75, 3.05) is 81.4 Å². The molecule has 0 aliphatic heterocycles. The molecule has 0 unspecified atom stereocenters. The molecule has 0 aliphatic rings. The lowest BCUT2D eigenvalue weighted by Crippen LogP contribution is -2.41. The van der Waals surface area contributed by atoms with Gasteiger partial charge in [0.25, 0.3) is 0 Å². The number of sulfonamides is 1. The number of nitrogens with one attached hydrogen (secondary N) is 4. The molecule has 0 aromatic carbocycles. The largest absolute Gasteiger partial charge is 0.354 e. The maximum absolute atomic E-state index is 12.2. The molecule has 0 aliphatic carbocycles. The van der Waals surface area contributed by atoms with Crippen molar-refractivity contribution in [3.8, 4) is 0 Å². The van der Waals surface area contributed by atoms with Crippen molar-refractivity contribution in [2.45, 2.75) is 66.1 Å². The minimum Gasteiger partial charge on any atom is -0.354 e. The smallest absolute Gasteiger partial charge is 0.229 e. The zero-order chi connectivity index (χ0) is 26.3. The third-order valence-corrected chi connectivity index (χ3v) is 8.00. The van der Waals surface area contributed by atoms with E-state index in [9.17, 15) is 8.42 Å². The first-order valence-electron chi connectivity index (χ1n) is 13.0. The van der Waals surface area contributed by atoms with E-state index in [0.717, 1.165) is 65.2 Å². The van der Waals surface area contributed by atoms with Gasteiger partial charge in [0.15, 0.2) is 0 Å². The SMILES string of the molecule is CCN(CC)CCCNc1nc(NCCCN(CC)CC)nc(NCCNS(=O)(=O)C(C)(C)C)n1. The molecule has 0 saturated carbocycles. The van der Waals surface area contributed by atoms with E-state index in [0.29, 0.717) is 24.4 Å². The van der Waals surface area contributed by atoms with Crippen LogP contribution in [0.25, 0.3) is 0 Å². The van der Waals surface area contributed by atoms with Gasteiger partial charge < -0.3 is 25.8 Å². The predicted octanol–water partition coefficient (Wildman–Crippen LogP) is 2.29. The Morgan fingerprint density at radius 2 is 1.03 bits per heavy atom. The van der Waals surface area contributed by atoms with Gasteiger partial charge in [-0.05, 0) is 72.9 Å². The van der Waals surface area contributed by atoms with E-state index in [4.69, 9.17) is 0 Å². The Kier molecular flexibility index (Phi) is 14.4. The van der Waals surface area contributed by atoms with Crippen LogP contribution in [0.5, 0.6) is 0 Å². The molecule has 1 rings (SSSR count). The summed E-state index contributed by atoms with van der Waals surface area (Å²) in [5, 5.41) is 9.72. The second kappa shape index (κ2) is 16.1. The Balaban J connectivity index is 2.72. The number of hydrogen-bond donors (Lipinski definition) is 4. The summed E-state index contributed by atoms with van der Waals surface area (Å²) in [5.74, 6) is 1.42. The molecule has 0 spiro atoms. The summed E-state index contributed by atoms with van der Waals surface area (Å²) in [6.45, 7) is 22.0. The van der Waals surface area contributed by atoms with Crippen molar-refractivity contribution >= 4 is 27.9 Å². The Hall–Kier alpha value is -1.76. The van der Waals surface area contributed by atoms with Crippen LogP contribution in [0.3, 0.4) is 0 Å². The fourth-order valence-electron chi connectivity index (χ4n) is 3.27. The van der Waals surface area contributed by atoms with E-state index in [-0.39, 0.29) is 6.54 Å². The molecule has 1 aromatic heterocycles. The Morgan fingerprint density at radius 1 is 0.657 bits per heavy atom. The van der Waals surface area contributed by atoms with E-state index in [2.05, 4.69) is 73.1 Å². The van der Waals surface area contributed by atoms with Crippen LogP contribution in [0.2, 0.25) is 0 Å². The molecule has 12 heteroatoms. The van der Waals surface area contributed by atoms with Gasteiger partial charge >= 0.3 is 0 Å². The van der Waals surface area contributed by atoms with Crippen LogP contribution in [0.4, 0.5) is 17.8 Å². The second-order valence-corrected chi connectivity index (χ2v) is 11.9. The molecule has 0 radical (unpaired) electrons. The molecule has 11 nitrogen and oxygen atoms in total. The molecular formula is C23H49N9O2S. The summed E-state index contributed by atoms with van der Waals surface area (Å²) in [5.41, 5.74) is 0. The van der Waals surface area contributed by atoms with Crippen LogP contribution in [0, 0.1) is 0 Å². The zero-order valence-corrected chi connectivity index (χ0v) is 23.8. The number of anilines is 3. The molecule has 35 heavy (non-hydrogen) atoms. The highest BCUT2D eigenvalue weighted by Crippen LogP contribution is 2.13. The lowest BCUT2D eigenvalue weighted by molar-refractivity contribution is 0.303. The topological polar surface area (TPSA) is 127 Å². The van der Waals surface area contributed by atoms with Gasteiger partial charge in [-0.25, -0.2) is 13.1 Å². The van der Waals surface area contributed by atoms with E-state index in [1.54, 1.807) is 20.8 Å². The van der Waals surface area contributed by atoms with E-state index in [1.165, 1.54) is 0 Å². The molecule has 1 heterocycles. The third kappa shape index (κ3) is 12.2. The fraction of sp³-hybridized carbons (Fsp3) is 0.870. The summed E-state index contributed by atoms with van der Waals surface area (Å²) >= 11 is 0. The Labute approximate surface area is 213 Å². The van der Waals surface area contributed by atoms with Crippen LogP contribution >= 0.6 is 0 Å². The van der Waals surface area contributed by atoms with Crippen LogP contribution < -0.4 is 20.7 Å². The Morgan fingerprint density at radius 3 is 1.37 bits per heavy atom. The highest BCUT2D eigenvalue weighted by atomic mass is 32.2. The van der Waals surface area contributed by atoms with Crippen molar-refractivity contribution in [1.29, 1.82) is 0 Å². The highest BCUT2D eigenvalue weighted by Gasteiger charge is 2.28. The number of aromatic nitrogens is 3. The first-order valence-corrected chi connectivity index (χ1v) is 14.5. The van der Waals surface area contributed by atoms with Gasteiger partial charge in [-0.3, -0.25) is 0 Å². The van der Waals surface area contributed by atoms with Crippen LogP contribution in [-0.2, 0) is 10.0 Å². The second-order valence-electron chi connectivity index (χ2n) is 9.36. The quantitative estimate of drug-likeness (QED) is 0.204. The zero-order valence-electron chi connectivity index (χ0n) is 22.9. The molecule has 0 amide bonds. The number of rotatable bonds is 19. The first-order chi connectivity index (χ1) is 16.6. The number of hydrogen-bond acceptors (Lipinski definition) is 10. The van der Waals surface area contributed by atoms with Gasteiger partial charge in [0.05, 0.1) is 4.75 Å². The fourth-order valence-corrected chi connectivity index (χ4v) is 4.08. The summed E-state index contributed by atoms with van der Waals surface area (Å²) in [6, 6.07) is 0. The lowest BCUT2D eigenvalue weighted by Gasteiger charge is -2.20. The van der Waals surface area contributed by atoms with Crippen molar-refractivity contribution in [3.05, 3.63) is 0 Å². The minimum atomic E-state index is -3.40. The molecule has 204 valence electrons. The first kappa shape index (κ1) is 31.3. The third-order valence-electron chi connectivity index (χ3n) is 5.80. The standard InChI is InChI=1S/C23H49N9O2S/c1-8-31(9-2)18-12-14-24-20-28-21(25-15-13-19-32(10-3)11-4)30-22(29-20)26-16-17-27-35(33,34)23(5,6)7/h27H,8-19H2,1-7H3,(H3,24,25,26,28,29,30). The molecule has 0 bridgehead atoms. The average molecular weight is 516 g/mol. The Bertz CT molecular complexity index is 769. The van der Waals surface area contributed by atoms with Gasteiger partial charge in [-0.2, -0.15) is 15.0 Å². The van der Waals surface area contributed by atoms with Crippen LogP contribution in [0.15, 0.2) is 0 Å². The molecule has 1 aromatic rings. The normalized spacial score (nSPS) is 12.4. The van der Waals surface area contributed by atoms with Gasteiger partial charge in [0, 0.05) is 26.2 Å². The highest BCUT2D eigenvalue weighted by molar-refractivity contribution is 7.90. The molecule has 0 atom stereocenters. The molecule has 4 N–H and O–H groups in total. The monoisotopic (exact) mass is 515 g/mol. The van der Waals surface area contributed by atoms with Crippen molar-refractivity contribution in [2.24, 2.45) is 0 Å². The van der Waals surface area contributed by atoms with E-state index in [1.807, 2.05) is 0 Å². The van der Waals surface area contributed by atoms with Crippen molar-refractivity contribution < 1.29 is 8.42 Å². The summed E-state index contributed by atoms with van der Waals surface area (Å²) < 4.78 is 26.2. The van der Waals surface area contributed by atoms with Crippen LogP contribution in [0.1, 0.15) is 61.3 Å². The van der Waals surface area contributed by atoms with Crippen molar-refractivity contribution in [1.82, 2.24) is 29.5 Å². The molecule has 0 fully saturated rings. The van der Waals surface area contributed by atoms with E-state index >= 15 is 0 Å². The molecule has 0 saturated heterocycles. The summed E-state index contributed by atoms with van der Waals surface area (Å²) in [4.78, 5) is 18.2. The predicted molar refractivity (Wildman–Crippen MR) is 147 cm³/mol. The van der Waals surface area contributed by atoms with Gasteiger partial charge in [-0.15, -0.1) is 0 Å². The maximum Gasteiger partial charge on any atom is 0.229 e. The summed E-state index contributed by atoms with van der Waals surface area (Å²) in [6.07, 6.45) is 1.97.